The Morgan fingerprint density at radius 3 is 2.47 bits per heavy atom. The van der Waals surface area contributed by atoms with Crippen molar-refractivity contribution in [2.75, 3.05) is 0 Å². The molecule has 2 amide bonds. The van der Waals surface area contributed by atoms with E-state index in [1.807, 2.05) is 18.2 Å². The van der Waals surface area contributed by atoms with E-state index in [9.17, 15) is 14.0 Å². The van der Waals surface area contributed by atoms with E-state index in [0.29, 0.717) is 11.4 Å². The van der Waals surface area contributed by atoms with Gasteiger partial charge in [-0.25, -0.2) is 4.39 Å². The van der Waals surface area contributed by atoms with Crippen LogP contribution in [0.4, 0.5) is 4.39 Å². The number of hydrogen-bond acceptors (Lipinski definition) is 2. The summed E-state index contributed by atoms with van der Waals surface area (Å²) in [5.74, 6) is -0.606. The number of benzene rings is 2. The Morgan fingerprint density at radius 1 is 1.13 bits per heavy atom. The van der Waals surface area contributed by atoms with Crippen LogP contribution in [0.1, 0.15) is 50.2 Å². The molecule has 1 fully saturated rings. The van der Waals surface area contributed by atoms with E-state index in [4.69, 9.17) is 11.6 Å². The second kappa shape index (κ2) is 10.6. The summed E-state index contributed by atoms with van der Waals surface area (Å²) >= 11 is 6.22. The molecule has 0 unspecified atom stereocenters. The fourth-order valence-corrected chi connectivity index (χ4v) is 4.08. The zero-order chi connectivity index (χ0) is 21.5. The van der Waals surface area contributed by atoms with E-state index in [2.05, 4.69) is 5.32 Å². The number of amides is 2. The SMILES string of the molecule is C[C@H](C(=O)NC1CCCC1)N(Cc1ccc(F)cc1)C(=O)CCc1ccccc1Cl. The van der Waals surface area contributed by atoms with Crippen LogP contribution in [-0.4, -0.2) is 28.8 Å². The van der Waals surface area contributed by atoms with Gasteiger partial charge in [-0.05, 0) is 55.5 Å². The van der Waals surface area contributed by atoms with Crippen molar-refractivity contribution in [2.45, 2.75) is 64.1 Å². The second-order valence-corrected chi connectivity index (χ2v) is 8.31. The summed E-state index contributed by atoms with van der Waals surface area (Å²) in [5, 5.41) is 3.71. The molecule has 0 heterocycles. The van der Waals surface area contributed by atoms with Crippen molar-refractivity contribution in [3.05, 3.63) is 70.5 Å². The number of nitrogens with one attached hydrogen (secondary N) is 1. The van der Waals surface area contributed by atoms with Crippen LogP contribution in [0.2, 0.25) is 5.02 Å². The lowest BCUT2D eigenvalue weighted by molar-refractivity contribution is -0.140. The van der Waals surface area contributed by atoms with Gasteiger partial charge in [-0.1, -0.05) is 54.8 Å². The molecule has 6 heteroatoms. The molecule has 3 rings (SSSR count). The lowest BCUT2D eigenvalue weighted by Gasteiger charge is -2.30. The van der Waals surface area contributed by atoms with Crippen molar-refractivity contribution in [2.24, 2.45) is 0 Å². The van der Waals surface area contributed by atoms with Gasteiger partial charge in [0.1, 0.15) is 11.9 Å². The average Bonchev–Trinajstić information content (AvgIpc) is 3.25. The molecule has 2 aromatic carbocycles. The first-order chi connectivity index (χ1) is 14.4. The number of rotatable bonds is 8. The number of hydrogen-bond donors (Lipinski definition) is 1. The van der Waals surface area contributed by atoms with Gasteiger partial charge in [0.2, 0.25) is 11.8 Å². The summed E-state index contributed by atoms with van der Waals surface area (Å²) in [6.45, 7) is 2.00. The number of halogens is 2. The molecule has 1 saturated carbocycles. The normalized spacial score (nSPS) is 15.0. The summed E-state index contributed by atoms with van der Waals surface area (Å²) in [5.41, 5.74) is 1.68. The Labute approximate surface area is 182 Å². The predicted molar refractivity (Wildman–Crippen MR) is 117 cm³/mol. The number of nitrogens with zero attached hydrogens (tertiary/aromatic N) is 1. The smallest absolute Gasteiger partial charge is 0.242 e. The standard InChI is InChI=1S/C24H28ClFN2O2/c1-17(24(30)27-21-7-3-4-8-21)28(16-18-10-13-20(26)14-11-18)23(29)15-12-19-6-2-5-9-22(19)25/h2,5-6,9-11,13-14,17,21H,3-4,7-8,12,15-16H2,1H3,(H,27,30)/t17-/m1/s1. The fourth-order valence-electron chi connectivity index (χ4n) is 3.85. The van der Waals surface area contributed by atoms with E-state index in [1.165, 1.54) is 12.1 Å². The molecule has 160 valence electrons. The fraction of sp³-hybridized carbons (Fsp3) is 0.417. The van der Waals surface area contributed by atoms with Crippen LogP contribution in [-0.2, 0) is 22.6 Å². The third-order valence-electron chi connectivity index (χ3n) is 5.70. The van der Waals surface area contributed by atoms with E-state index in [-0.39, 0.29) is 36.6 Å². The average molecular weight is 431 g/mol. The molecule has 4 nitrogen and oxygen atoms in total. The zero-order valence-corrected chi connectivity index (χ0v) is 18.0. The maximum Gasteiger partial charge on any atom is 0.242 e. The highest BCUT2D eigenvalue weighted by Gasteiger charge is 2.28. The molecule has 1 N–H and O–H groups in total. The van der Waals surface area contributed by atoms with Gasteiger partial charge < -0.3 is 10.2 Å². The second-order valence-electron chi connectivity index (χ2n) is 7.91. The van der Waals surface area contributed by atoms with E-state index < -0.39 is 6.04 Å². The third-order valence-corrected chi connectivity index (χ3v) is 6.07. The summed E-state index contributed by atoms with van der Waals surface area (Å²) in [4.78, 5) is 27.5. The van der Waals surface area contributed by atoms with Crippen LogP contribution < -0.4 is 5.32 Å². The Balaban J connectivity index is 1.71. The quantitative estimate of drug-likeness (QED) is 0.648. The highest BCUT2D eigenvalue weighted by Crippen LogP contribution is 2.20. The van der Waals surface area contributed by atoms with Gasteiger partial charge in [0, 0.05) is 24.0 Å². The van der Waals surface area contributed by atoms with E-state index in [0.717, 1.165) is 36.8 Å². The Morgan fingerprint density at radius 2 is 1.80 bits per heavy atom. The molecule has 30 heavy (non-hydrogen) atoms. The molecule has 1 aliphatic carbocycles. The van der Waals surface area contributed by atoms with Gasteiger partial charge in [0.15, 0.2) is 0 Å². The summed E-state index contributed by atoms with van der Waals surface area (Å²) in [6, 6.07) is 13.0. The maximum absolute atomic E-state index is 13.3. The molecule has 0 aromatic heterocycles. The minimum atomic E-state index is -0.616. The minimum absolute atomic E-state index is 0.131. The lowest BCUT2D eigenvalue weighted by Crippen LogP contribution is -2.49. The van der Waals surface area contributed by atoms with Gasteiger partial charge in [-0.3, -0.25) is 9.59 Å². The van der Waals surface area contributed by atoms with E-state index >= 15 is 0 Å². The molecule has 2 aromatic rings. The predicted octanol–water partition coefficient (Wildman–Crippen LogP) is 4.89. The molecule has 0 radical (unpaired) electrons. The first kappa shape index (κ1) is 22.3. The van der Waals surface area contributed by atoms with Gasteiger partial charge in [-0.2, -0.15) is 0 Å². The van der Waals surface area contributed by atoms with Gasteiger partial charge in [0.05, 0.1) is 0 Å². The number of aryl methyl sites for hydroxylation is 1. The molecule has 0 bridgehead atoms. The zero-order valence-electron chi connectivity index (χ0n) is 17.2. The van der Waals surface area contributed by atoms with Crippen LogP contribution in [0.25, 0.3) is 0 Å². The summed E-state index contributed by atoms with van der Waals surface area (Å²) < 4.78 is 13.3. The first-order valence-electron chi connectivity index (χ1n) is 10.5. The van der Waals surface area contributed by atoms with Gasteiger partial charge in [-0.15, -0.1) is 0 Å². The first-order valence-corrected chi connectivity index (χ1v) is 10.9. The maximum atomic E-state index is 13.3. The van der Waals surface area contributed by atoms with Crippen LogP contribution in [0, 0.1) is 5.82 Å². The molecule has 0 saturated heterocycles. The Kier molecular flexibility index (Phi) is 7.86. The minimum Gasteiger partial charge on any atom is -0.352 e. The van der Waals surface area contributed by atoms with Crippen molar-refractivity contribution in [1.82, 2.24) is 10.2 Å². The van der Waals surface area contributed by atoms with Crippen LogP contribution in [0.3, 0.4) is 0 Å². The molecular formula is C24H28ClFN2O2. The van der Waals surface area contributed by atoms with Crippen LogP contribution in [0.15, 0.2) is 48.5 Å². The third kappa shape index (κ3) is 6.05. The molecule has 1 aliphatic rings. The van der Waals surface area contributed by atoms with Crippen molar-refractivity contribution in [1.29, 1.82) is 0 Å². The van der Waals surface area contributed by atoms with Crippen molar-refractivity contribution in [3.63, 3.8) is 0 Å². The van der Waals surface area contributed by atoms with Crippen molar-refractivity contribution < 1.29 is 14.0 Å². The largest absolute Gasteiger partial charge is 0.352 e. The lowest BCUT2D eigenvalue weighted by atomic mass is 10.1. The van der Waals surface area contributed by atoms with Crippen molar-refractivity contribution >= 4 is 23.4 Å². The number of carbonyl (C=O) groups excluding carboxylic acids is 2. The summed E-state index contributed by atoms with van der Waals surface area (Å²) in [6.07, 6.45) is 4.94. The highest BCUT2D eigenvalue weighted by atomic mass is 35.5. The molecule has 0 spiro atoms. The molecule has 1 atom stereocenters. The summed E-state index contributed by atoms with van der Waals surface area (Å²) in [7, 11) is 0. The number of carbonyl (C=O) groups is 2. The topological polar surface area (TPSA) is 49.4 Å². The Hall–Kier alpha value is -2.40. The monoisotopic (exact) mass is 430 g/mol. The van der Waals surface area contributed by atoms with Crippen LogP contribution in [0.5, 0.6) is 0 Å². The highest BCUT2D eigenvalue weighted by molar-refractivity contribution is 6.31. The van der Waals surface area contributed by atoms with Crippen LogP contribution >= 0.6 is 11.6 Å². The molecular weight excluding hydrogens is 403 g/mol. The van der Waals surface area contributed by atoms with E-state index in [1.54, 1.807) is 30.0 Å². The van der Waals surface area contributed by atoms with Gasteiger partial charge >= 0.3 is 0 Å². The Bertz CT molecular complexity index is 866. The molecule has 0 aliphatic heterocycles. The van der Waals surface area contributed by atoms with Crippen molar-refractivity contribution in [3.8, 4) is 0 Å². The van der Waals surface area contributed by atoms with Gasteiger partial charge in [0.25, 0.3) is 0 Å².